The number of aromatic carboxylic acids is 1. The maximum atomic E-state index is 12.6. The first-order chi connectivity index (χ1) is 14.9. The Morgan fingerprint density at radius 3 is 2.58 bits per heavy atom. The number of amidine groups is 1. The molecule has 0 aliphatic carbocycles. The van der Waals surface area contributed by atoms with Gasteiger partial charge in [0, 0.05) is 11.4 Å². The number of allylic oxidation sites excluding steroid dienone is 1. The van der Waals surface area contributed by atoms with E-state index in [0.29, 0.717) is 27.9 Å². The highest BCUT2D eigenvalue weighted by Gasteiger charge is 2.30. The summed E-state index contributed by atoms with van der Waals surface area (Å²) in [5.74, 6) is -0.120. The standard InChI is InChI=1S/C23H24N2O5S/c1-4-30-22(28)19-14(2)24-23(25-20(19)16-8-10-18(29-3)11-9-16)31-13-15-6-5-7-17(12-15)21(26)27/h5-12,20H,4,13H2,1-3H3,(H,24,25)(H,26,27)/t20-/m0/s1. The Morgan fingerprint density at radius 2 is 1.94 bits per heavy atom. The average molecular weight is 441 g/mol. The second-order valence-electron chi connectivity index (χ2n) is 6.79. The summed E-state index contributed by atoms with van der Waals surface area (Å²) in [5, 5.41) is 13.0. The molecule has 162 valence electrons. The van der Waals surface area contributed by atoms with Crippen molar-refractivity contribution in [2.75, 3.05) is 13.7 Å². The third-order valence-electron chi connectivity index (χ3n) is 4.69. The molecule has 0 bridgehead atoms. The lowest BCUT2D eigenvalue weighted by Crippen LogP contribution is -2.30. The quantitative estimate of drug-likeness (QED) is 0.624. The smallest absolute Gasteiger partial charge is 0.338 e. The van der Waals surface area contributed by atoms with Crippen LogP contribution in [-0.2, 0) is 15.3 Å². The average Bonchev–Trinajstić information content (AvgIpc) is 2.77. The number of benzene rings is 2. The molecule has 0 aromatic heterocycles. The van der Waals surface area contributed by atoms with Gasteiger partial charge in [-0.3, -0.25) is 0 Å². The fourth-order valence-electron chi connectivity index (χ4n) is 3.17. The number of aliphatic imine (C=N–C) groups is 1. The Labute approximate surface area is 185 Å². The number of carbonyl (C=O) groups excluding carboxylic acids is 1. The van der Waals surface area contributed by atoms with Crippen LogP contribution in [0.15, 0.2) is 64.8 Å². The van der Waals surface area contributed by atoms with Gasteiger partial charge in [-0.15, -0.1) is 0 Å². The summed E-state index contributed by atoms with van der Waals surface area (Å²) in [6.07, 6.45) is 0. The van der Waals surface area contributed by atoms with Gasteiger partial charge in [-0.2, -0.15) is 0 Å². The molecule has 3 rings (SSSR count). The van der Waals surface area contributed by atoms with Gasteiger partial charge in [0.2, 0.25) is 0 Å². The fourth-order valence-corrected chi connectivity index (χ4v) is 4.06. The molecule has 7 nitrogen and oxygen atoms in total. The van der Waals surface area contributed by atoms with Crippen molar-refractivity contribution in [3.05, 3.63) is 76.5 Å². The summed E-state index contributed by atoms with van der Waals surface area (Å²) < 4.78 is 10.5. The third-order valence-corrected chi connectivity index (χ3v) is 5.65. The molecule has 0 amide bonds. The number of hydrogen-bond donors (Lipinski definition) is 2. The number of nitrogens with zero attached hydrogens (tertiary/aromatic N) is 1. The predicted molar refractivity (Wildman–Crippen MR) is 120 cm³/mol. The van der Waals surface area contributed by atoms with Crippen molar-refractivity contribution in [3.63, 3.8) is 0 Å². The van der Waals surface area contributed by atoms with E-state index >= 15 is 0 Å². The minimum Gasteiger partial charge on any atom is -0.497 e. The van der Waals surface area contributed by atoms with Crippen LogP contribution < -0.4 is 10.1 Å². The molecular formula is C23H24N2O5S. The van der Waals surface area contributed by atoms with E-state index in [0.717, 1.165) is 11.1 Å². The Hall–Kier alpha value is -3.26. The monoisotopic (exact) mass is 440 g/mol. The number of hydrogen-bond acceptors (Lipinski definition) is 7. The summed E-state index contributed by atoms with van der Waals surface area (Å²) in [5.41, 5.74) is 3.10. The molecule has 0 saturated carbocycles. The molecular weight excluding hydrogens is 416 g/mol. The molecule has 0 radical (unpaired) electrons. The number of carbonyl (C=O) groups is 2. The Morgan fingerprint density at radius 1 is 1.19 bits per heavy atom. The minimum absolute atomic E-state index is 0.244. The number of rotatable bonds is 7. The SMILES string of the molecule is CCOC(=O)C1=C(C)NC(SCc2cccc(C(=O)O)c2)=N[C@H]1c1ccc(OC)cc1. The van der Waals surface area contributed by atoms with Crippen molar-refractivity contribution in [3.8, 4) is 5.75 Å². The van der Waals surface area contributed by atoms with Crippen molar-refractivity contribution in [1.82, 2.24) is 5.32 Å². The highest BCUT2D eigenvalue weighted by atomic mass is 32.2. The van der Waals surface area contributed by atoms with Crippen LogP contribution in [0.1, 0.15) is 41.4 Å². The summed E-state index contributed by atoms with van der Waals surface area (Å²) >= 11 is 1.44. The van der Waals surface area contributed by atoms with Crippen LogP contribution in [-0.4, -0.2) is 35.9 Å². The van der Waals surface area contributed by atoms with Crippen LogP contribution in [0.5, 0.6) is 5.75 Å². The highest BCUT2D eigenvalue weighted by Crippen LogP contribution is 2.34. The molecule has 1 aliphatic heterocycles. The van der Waals surface area contributed by atoms with Crippen LogP contribution in [0.25, 0.3) is 0 Å². The van der Waals surface area contributed by atoms with E-state index in [9.17, 15) is 14.7 Å². The van der Waals surface area contributed by atoms with Gasteiger partial charge in [0.25, 0.3) is 0 Å². The molecule has 0 spiro atoms. The number of nitrogens with one attached hydrogen (secondary N) is 1. The van der Waals surface area contributed by atoms with E-state index in [1.165, 1.54) is 11.8 Å². The van der Waals surface area contributed by atoms with E-state index in [-0.39, 0.29) is 12.2 Å². The van der Waals surface area contributed by atoms with Crippen LogP contribution in [0, 0.1) is 0 Å². The molecule has 2 N–H and O–H groups in total. The van der Waals surface area contributed by atoms with E-state index in [4.69, 9.17) is 14.5 Å². The maximum Gasteiger partial charge on any atom is 0.338 e. The normalized spacial score (nSPS) is 15.7. The lowest BCUT2D eigenvalue weighted by atomic mass is 9.96. The van der Waals surface area contributed by atoms with Gasteiger partial charge in [-0.05, 0) is 49.2 Å². The van der Waals surface area contributed by atoms with Crippen LogP contribution in [0.4, 0.5) is 0 Å². The molecule has 0 saturated heterocycles. The zero-order chi connectivity index (χ0) is 22.4. The van der Waals surface area contributed by atoms with E-state index in [1.807, 2.05) is 37.3 Å². The van der Waals surface area contributed by atoms with E-state index in [1.54, 1.807) is 32.2 Å². The first-order valence-electron chi connectivity index (χ1n) is 9.74. The van der Waals surface area contributed by atoms with Crippen molar-refractivity contribution in [1.29, 1.82) is 0 Å². The maximum absolute atomic E-state index is 12.6. The second-order valence-corrected chi connectivity index (χ2v) is 7.75. The van der Waals surface area contributed by atoms with Crippen LogP contribution in [0.2, 0.25) is 0 Å². The summed E-state index contributed by atoms with van der Waals surface area (Å²) in [7, 11) is 1.60. The molecule has 8 heteroatoms. The van der Waals surface area contributed by atoms with Gasteiger partial charge >= 0.3 is 11.9 Å². The molecule has 1 heterocycles. The zero-order valence-corrected chi connectivity index (χ0v) is 18.4. The second kappa shape index (κ2) is 10.2. The first kappa shape index (κ1) is 22.4. The molecule has 2 aromatic carbocycles. The third kappa shape index (κ3) is 5.46. The lowest BCUT2D eigenvalue weighted by molar-refractivity contribution is -0.138. The molecule has 0 unspecified atom stereocenters. The number of thioether (sulfide) groups is 1. The van der Waals surface area contributed by atoms with Crippen molar-refractivity contribution >= 4 is 28.9 Å². The van der Waals surface area contributed by atoms with E-state index < -0.39 is 18.0 Å². The summed E-state index contributed by atoms with van der Waals surface area (Å²) in [6, 6.07) is 13.7. The van der Waals surface area contributed by atoms with Gasteiger partial charge in [0.15, 0.2) is 5.17 Å². The van der Waals surface area contributed by atoms with Gasteiger partial charge in [-0.25, -0.2) is 14.6 Å². The Kier molecular flexibility index (Phi) is 7.36. The molecule has 1 atom stereocenters. The molecule has 31 heavy (non-hydrogen) atoms. The fraction of sp³-hybridized carbons (Fsp3) is 0.261. The van der Waals surface area contributed by atoms with Gasteiger partial charge in [0.05, 0.1) is 24.9 Å². The zero-order valence-electron chi connectivity index (χ0n) is 17.5. The van der Waals surface area contributed by atoms with Crippen molar-refractivity contribution in [2.45, 2.75) is 25.6 Å². The minimum atomic E-state index is -0.961. The largest absolute Gasteiger partial charge is 0.497 e. The van der Waals surface area contributed by atoms with Crippen LogP contribution >= 0.6 is 11.8 Å². The topological polar surface area (TPSA) is 97.2 Å². The van der Waals surface area contributed by atoms with Crippen molar-refractivity contribution in [2.24, 2.45) is 4.99 Å². The lowest BCUT2D eigenvalue weighted by Gasteiger charge is -2.26. The first-order valence-corrected chi connectivity index (χ1v) is 10.7. The predicted octanol–water partition coefficient (Wildman–Crippen LogP) is 4.16. The number of ether oxygens (including phenoxy) is 2. The molecule has 0 fully saturated rings. The Bertz CT molecular complexity index is 1030. The van der Waals surface area contributed by atoms with Gasteiger partial charge in [-0.1, -0.05) is 36.0 Å². The van der Waals surface area contributed by atoms with Crippen LogP contribution in [0.3, 0.4) is 0 Å². The number of carboxylic acids is 1. The van der Waals surface area contributed by atoms with Gasteiger partial charge in [0.1, 0.15) is 11.8 Å². The van der Waals surface area contributed by atoms with Crippen molar-refractivity contribution < 1.29 is 24.2 Å². The number of esters is 1. The van der Waals surface area contributed by atoms with Gasteiger partial charge < -0.3 is 19.9 Å². The number of methoxy groups -OCH3 is 1. The summed E-state index contributed by atoms with van der Waals surface area (Å²) in [4.78, 5) is 28.6. The molecule has 2 aromatic rings. The Balaban J connectivity index is 1.87. The highest BCUT2D eigenvalue weighted by molar-refractivity contribution is 8.13. The van der Waals surface area contributed by atoms with E-state index in [2.05, 4.69) is 5.32 Å². The molecule has 1 aliphatic rings. The number of carboxylic acid groups (broad SMARTS) is 1. The summed E-state index contributed by atoms with van der Waals surface area (Å²) in [6.45, 7) is 3.86.